The first-order chi connectivity index (χ1) is 8.56. The molecule has 2 rings (SSSR count). The van der Waals surface area contributed by atoms with E-state index >= 15 is 0 Å². The molecule has 1 unspecified atom stereocenters. The summed E-state index contributed by atoms with van der Waals surface area (Å²) in [6, 6.07) is 0.289. The van der Waals surface area contributed by atoms with Crippen molar-refractivity contribution in [2.75, 3.05) is 6.54 Å². The Balaban J connectivity index is 1.84. The minimum absolute atomic E-state index is 0.172. The predicted molar refractivity (Wildman–Crippen MR) is 70.2 cm³/mol. The van der Waals surface area contributed by atoms with Gasteiger partial charge in [-0.2, -0.15) is 5.10 Å². The van der Waals surface area contributed by atoms with E-state index in [-0.39, 0.29) is 11.9 Å². The molecule has 0 spiro atoms. The summed E-state index contributed by atoms with van der Waals surface area (Å²) in [5, 5.41) is 10.8. The molecule has 5 heteroatoms. The molecule has 1 amide bonds. The molecular weight excluding hydrogens is 228 g/mol. The van der Waals surface area contributed by atoms with Crippen LogP contribution in [0.4, 0.5) is 0 Å². The second kappa shape index (κ2) is 5.52. The lowest BCUT2D eigenvalue weighted by molar-refractivity contribution is -0.119. The Labute approximate surface area is 108 Å². The van der Waals surface area contributed by atoms with Crippen molar-refractivity contribution in [2.24, 2.45) is 7.05 Å². The first kappa shape index (κ1) is 13.1. The number of aromatic nitrogens is 2. The molecule has 1 saturated heterocycles. The van der Waals surface area contributed by atoms with Gasteiger partial charge in [0.15, 0.2) is 0 Å². The van der Waals surface area contributed by atoms with Crippen LogP contribution in [-0.4, -0.2) is 28.3 Å². The Morgan fingerprint density at radius 1 is 1.61 bits per heavy atom. The Morgan fingerprint density at radius 3 is 3.00 bits per heavy atom. The normalized spacial score (nSPS) is 19.6. The summed E-state index contributed by atoms with van der Waals surface area (Å²) in [6.45, 7) is 5.96. The molecule has 5 nitrogen and oxygen atoms in total. The average Bonchev–Trinajstić information content (AvgIpc) is 2.85. The fourth-order valence-corrected chi connectivity index (χ4v) is 2.39. The van der Waals surface area contributed by atoms with Gasteiger partial charge in [0.1, 0.15) is 0 Å². The Morgan fingerprint density at radius 2 is 2.39 bits per heavy atom. The van der Waals surface area contributed by atoms with Gasteiger partial charge in [-0.1, -0.05) is 13.8 Å². The van der Waals surface area contributed by atoms with Gasteiger partial charge in [-0.05, 0) is 12.3 Å². The van der Waals surface area contributed by atoms with Crippen LogP contribution >= 0.6 is 0 Å². The Bertz CT molecular complexity index is 425. The van der Waals surface area contributed by atoms with E-state index in [1.165, 1.54) is 5.56 Å². The van der Waals surface area contributed by atoms with Gasteiger partial charge in [0.2, 0.25) is 5.91 Å². The van der Waals surface area contributed by atoms with E-state index in [0.29, 0.717) is 12.3 Å². The van der Waals surface area contributed by atoms with Crippen molar-refractivity contribution in [1.82, 2.24) is 20.4 Å². The number of carbonyl (C=O) groups is 1. The number of hydrogen-bond acceptors (Lipinski definition) is 3. The maximum atomic E-state index is 11.1. The van der Waals surface area contributed by atoms with Crippen LogP contribution in [-0.2, 0) is 18.4 Å². The topological polar surface area (TPSA) is 59.0 Å². The molecule has 1 aliphatic rings. The van der Waals surface area contributed by atoms with E-state index in [1.54, 1.807) is 0 Å². The van der Waals surface area contributed by atoms with Crippen molar-refractivity contribution in [2.45, 2.75) is 45.2 Å². The van der Waals surface area contributed by atoms with E-state index in [4.69, 9.17) is 0 Å². The highest BCUT2D eigenvalue weighted by Gasteiger charge is 2.20. The fraction of sp³-hybridized carbons (Fsp3) is 0.692. The predicted octanol–water partition coefficient (Wildman–Crippen LogP) is 0.912. The summed E-state index contributed by atoms with van der Waals surface area (Å²) < 4.78 is 1.86. The molecular formula is C13H22N4O. The van der Waals surface area contributed by atoms with Crippen LogP contribution in [0.25, 0.3) is 0 Å². The highest BCUT2D eigenvalue weighted by atomic mass is 16.1. The zero-order valence-corrected chi connectivity index (χ0v) is 11.4. The van der Waals surface area contributed by atoms with Gasteiger partial charge in [0, 0.05) is 44.4 Å². The molecule has 2 heterocycles. The zero-order valence-electron chi connectivity index (χ0n) is 11.4. The molecule has 0 bridgehead atoms. The molecule has 100 valence electrons. The van der Waals surface area contributed by atoms with Crippen LogP contribution in [0.3, 0.4) is 0 Å². The Hall–Kier alpha value is -1.36. The van der Waals surface area contributed by atoms with Crippen LogP contribution in [0.5, 0.6) is 0 Å². The summed E-state index contributed by atoms with van der Waals surface area (Å²) >= 11 is 0. The lowest BCUT2D eigenvalue weighted by Crippen LogP contribution is -2.35. The van der Waals surface area contributed by atoms with E-state index in [1.807, 2.05) is 11.7 Å². The van der Waals surface area contributed by atoms with Crippen LogP contribution < -0.4 is 10.6 Å². The summed E-state index contributed by atoms with van der Waals surface area (Å²) in [6.07, 6.45) is 3.67. The third-order valence-corrected chi connectivity index (χ3v) is 3.28. The molecule has 18 heavy (non-hydrogen) atoms. The van der Waals surface area contributed by atoms with Gasteiger partial charge in [-0.3, -0.25) is 9.48 Å². The van der Waals surface area contributed by atoms with Gasteiger partial charge in [0.05, 0.1) is 5.69 Å². The van der Waals surface area contributed by atoms with Gasteiger partial charge >= 0.3 is 0 Å². The summed E-state index contributed by atoms with van der Waals surface area (Å²) in [4.78, 5) is 11.1. The van der Waals surface area contributed by atoms with E-state index in [9.17, 15) is 4.79 Å². The lowest BCUT2D eigenvalue weighted by Gasteiger charge is -2.11. The molecule has 1 aromatic rings. The second-order valence-electron chi connectivity index (χ2n) is 5.30. The SMILES string of the molecule is CC(C)c1nn(C)cc1CNCC1CCC(=O)N1. The highest BCUT2D eigenvalue weighted by molar-refractivity contribution is 5.78. The largest absolute Gasteiger partial charge is 0.352 e. The maximum Gasteiger partial charge on any atom is 0.220 e. The van der Waals surface area contributed by atoms with E-state index in [0.717, 1.165) is 25.2 Å². The number of amides is 1. The van der Waals surface area contributed by atoms with Gasteiger partial charge in [-0.25, -0.2) is 0 Å². The molecule has 0 aliphatic carbocycles. The minimum Gasteiger partial charge on any atom is -0.352 e. The summed E-state index contributed by atoms with van der Waals surface area (Å²) in [5.41, 5.74) is 2.40. The Kier molecular flexibility index (Phi) is 4.01. The third kappa shape index (κ3) is 3.10. The average molecular weight is 250 g/mol. The smallest absolute Gasteiger partial charge is 0.220 e. The van der Waals surface area contributed by atoms with Crippen molar-refractivity contribution in [3.05, 3.63) is 17.5 Å². The lowest BCUT2D eigenvalue weighted by atomic mass is 10.1. The van der Waals surface area contributed by atoms with Crippen LogP contribution in [0.2, 0.25) is 0 Å². The quantitative estimate of drug-likeness (QED) is 0.816. The van der Waals surface area contributed by atoms with E-state index in [2.05, 4.69) is 35.8 Å². The number of nitrogens with one attached hydrogen (secondary N) is 2. The molecule has 1 fully saturated rings. The zero-order chi connectivity index (χ0) is 13.1. The maximum absolute atomic E-state index is 11.1. The molecule has 0 radical (unpaired) electrons. The molecule has 1 atom stereocenters. The molecule has 1 aliphatic heterocycles. The number of aryl methyl sites for hydroxylation is 1. The first-order valence-corrected chi connectivity index (χ1v) is 6.58. The van der Waals surface area contributed by atoms with Crippen LogP contribution in [0.15, 0.2) is 6.20 Å². The van der Waals surface area contributed by atoms with Crippen molar-refractivity contribution in [3.63, 3.8) is 0 Å². The van der Waals surface area contributed by atoms with Gasteiger partial charge < -0.3 is 10.6 Å². The number of hydrogen-bond donors (Lipinski definition) is 2. The molecule has 0 saturated carbocycles. The van der Waals surface area contributed by atoms with Crippen LogP contribution in [0, 0.1) is 0 Å². The van der Waals surface area contributed by atoms with Crippen molar-refractivity contribution in [1.29, 1.82) is 0 Å². The summed E-state index contributed by atoms with van der Waals surface area (Å²) in [7, 11) is 1.95. The highest BCUT2D eigenvalue weighted by Crippen LogP contribution is 2.17. The second-order valence-corrected chi connectivity index (χ2v) is 5.30. The fourth-order valence-electron chi connectivity index (χ4n) is 2.39. The van der Waals surface area contributed by atoms with Crippen molar-refractivity contribution >= 4 is 5.91 Å². The number of nitrogens with zero attached hydrogens (tertiary/aromatic N) is 2. The van der Waals surface area contributed by atoms with Crippen LogP contribution in [0.1, 0.15) is 43.9 Å². The number of carbonyl (C=O) groups excluding carboxylic acids is 1. The number of rotatable bonds is 5. The van der Waals surface area contributed by atoms with Crippen molar-refractivity contribution in [3.8, 4) is 0 Å². The molecule has 1 aromatic heterocycles. The molecule has 0 aromatic carbocycles. The minimum atomic E-state index is 0.172. The van der Waals surface area contributed by atoms with Crippen molar-refractivity contribution < 1.29 is 4.79 Å². The summed E-state index contributed by atoms with van der Waals surface area (Å²) in [5.74, 6) is 0.611. The van der Waals surface area contributed by atoms with E-state index < -0.39 is 0 Å². The third-order valence-electron chi connectivity index (χ3n) is 3.28. The van der Waals surface area contributed by atoms with Gasteiger partial charge in [-0.15, -0.1) is 0 Å². The first-order valence-electron chi connectivity index (χ1n) is 6.58. The monoisotopic (exact) mass is 250 g/mol. The molecule has 2 N–H and O–H groups in total. The van der Waals surface area contributed by atoms with Gasteiger partial charge in [0.25, 0.3) is 0 Å². The standard InChI is InChI=1S/C13H22N4O/c1-9(2)13-10(8-17(3)16-13)6-14-7-11-4-5-12(18)15-11/h8-9,11,14H,4-7H2,1-3H3,(H,15,18).